The monoisotopic (exact) mass is 248 g/mol. The van der Waals surface area contributed by atoms with Gasteiger partial charge in [-0.05, 0) is 0 Å². The van der Waals surface area contributed by atoms with Crippen LogP contribution in [0.1, 0.15) is 22.5 Å². The smallest absolute Gasteiger partial charge is 0.344 e. The Morgan fingerprint density at radius 3 is 2.59 bits per heavy atom. The highest BCUT2D eigenvalue weighted by Crippen LogP contribution is 2.37. The van der Waals surface area contributed by atoms with Crippen LogP contribution in [-0.4, -0.2) is 28.1 Å². The lowest BCUT2D eigenvalue weighted by Crippen LogP contribution is -2.08. The largest absolute Gasteiger partial charge is 0.489 e. The number of halogens is 2. The molecule has 0 aliphatic carbocycles. The molecule has 0 atom stereocenters. The highest BCUT2D eigenvalue weighted by Gasteiger charge is 2.32. The summed E-state index contributed by atoms with van der Waals surface area (Å²) in [4.78, 5) is 23.4. The normalized spacial score (nSPS) is 10.4. The molecule has 0 unspecified atom stereocenters. The highest BCUT2D eigenvalue weighted by atomic mass is 19.3. The van der Waals surface area contributed by atoms with Gasteiger partial charge in [0.15, 0.2) is 11.3 Å². The quantitative estimate of drug-likeness (QED) is 0.641. The number of rotatable bonds is 4. The van der Waals surface area contributed by atoms with Crippen molar-refractivity contribution in [3.8, 4) is 5.75 Å². The van der Waals surface area contributed by atoms with Crippen molar-refractivity contribution in [1.82, 2.24) is 4.98 Å². The van der Waals surface area contributed by atoms with E-state index in [1.165, 1.54) is 0 Å². The number of alkyl halides is 2. The molecule has 0 saturated heterocycles. The average molecular weight is 248 g/mol. The van der Waals surface area contributed by atoms with Crippen molar-refractivity contribution in [3.63, 3.8) is 0 Å². The van der Waals surface area contributed by atoms with Gasteiger partial charge in [-0.25, -0.2) is 18.6 Å². The average Bonchev–Trinajstić information content (AvgIpc) is 2.26. The molecule has 7 nitrogen and oxygen atoms in total. The molecule has 1 heterocycles. The second-order valence-electron chi connectivity index (χ2n) is 2.80. The van der Waals surface area contributed by atoms with E-state index in [9.17, 15) is 23.7 Å². The van der Waals surface area contributed by atoms with Crippen LogP contribution >= 0.6 is 0 Å². The number of ether oxygens (including phenoxy) is 1. The predicted octanol–water partition coefficient (Wildman–Crippen LogP) is 1.63. The van der Waals surface area contributed by atoms with Crippen LogP contribution < -0.4 is 4.74 Å². The van der Waals surface area contributed by atoms with E-state index < -0.39 is 40.0 Å². The summed E-state index contributed by atoms with van der Waals surface area (Å²) in [5.41, 5.74) is -2.81. The molecule has 0 fully saturated rings. The first-order valence-electron chi connectivity index (χ1n) is 4.12. The van der Waals surface area contributed by atoms with Gasteiger partial charge in [0.05, 0.1) is 12.0 Å². The van der Waals surface area contributed by atoms with Crippen LogP contribution in [0.15, 0.2) is 6.20 Å². The first kappa shape index (κ1) is 12.7. The van der Waals surface area contributed by atoms with Crippen LogP contribution in [0.2, 0.25) is 0 Å². The minimum absolute atomic E-state index is 0.504. The number of pyridine rings is 1. The summed E-state index contributed by atoms with van der Waals surface area (Å²) in [6.07, 6.45) is -2.60. The zero-order valence-electron chi connectivity index (χ0n) is 8.39. The van der Waals surface area contributed by atoms with Crippen LogP contribution in [0.3, 0.4) is 0 Å². The Labute approximate surface area is 92.8 Å². The van der Waals surface area contributed by atoms with Crippen LogP contribution in [0.25, 0.3) is 0 Å². The van der Waals surface area contributed by atoms with Crippen molar-refractivity contribution in [3.05, 3.63) is 27.6 Å². The zero-order chi connectivity index (χ0) is 13.2. The number of nitro groups is 1. The molecule has 0 saturated carbocycles. The van der Waals surface area contributed by atoms with E-state index in [1.54, 1.807) is 0 Å². The number of hydrogen-bond donors (Lipinski definition) is 1. The van der Waals surface area contributed by atoms with Crippen molar-refractivity contribution in [2.45, 2.75) is 6.43 Å². The summed E-state index contributed by atoms with van der Waals surface area (Å²) in [5.74, 6) is -2.49. The first-order chi connectivity index (χ1) is 7.90. The van der Waals surface area contributed by atoms with Gasteiger partial charge in [0, 0.05) is 6.20 Å². The number of carboxylic acid groups (broad SMARTS) is 1. The van der Waals surface area contributed by atoms with E-state index in [4.69, 9.17) is 5.11 Å². The molecule has 0 bridgehead atoms. The van der Waals surface area contributed by atoms with Gasteiger partial charge in [-0.1, -0.05) is 0 Å². The molecule has 0 aliphatic heterocycles. The summed E-state index contributed by atoms with van der Waals surface area (Å²) in [6, 6.07) is 0. The van der Waals surface area contributed by atoms with Crippen molar-refractivity contribution in [2.24, 2.45) is 0 Å². The molecule has 0 aliphatic rings. The third kappa shape index (κ3) is 2.27. The number of carboxylic acids is 1. The molecule has 1 rings (SSSR count). The SMILES string of the molecule is COc1c(C(F)F)ncc(C(=O)O)c1[N+](=O)[O-]. The van der Waals surface area contributed by atoms with Crippen molar-refractivity contribution in [2.75, 3.05) is 7.11 Å². The molecule has 0 radical (unpaired) electrons. The Kier molecular flexibility index (Phi) is 3.51. The third-order valence-corrected chi connectivity index (χ3v) is 1.86. The third-order valence-electron chi connectivity index (χ3n) is 1.86. The number of aromatic nitrogens is 1. The fourth-order valence-electron chi connectivity index (χ4n) is 1.19. The lowest BCUT2D eigenvalue weighted by atomic mass is 10.2. The lowest BCUT2D eigenvalue weighted by molar-refractivity contribution is -0.386. The van der Waals surface area contributed by atoms with E-state index in [-0.39, 0.29) is 0 Å². The molecule has 1 aromatic heterocycles. The van der Waals surface area contributed by atoms with E-state index in [0.717, 1.165) is 7.11 Å². The van der Waals surface area contributed by atoms with Gasteiger partial charge in [-0.3, -0.25) is 10.1 Å². The molecule has 0 amide bonds. The summed E-state index contributed by atoms with van der Waals surface area (Å²) >= 11 is 0. The molecule has 17 heavy (non-hydrogen) atoms. The van der Waals surface area contributed by atoms with Gasteiger partial charge < -0.3 is 9.84 Å². The number of aromatic carboxylic acids is 1. The summed E-state index contributed by atoms with van der Waals surface area (Å²) < 4.78 is 29.4. The van der Waals surface area contributed by atoms with E-state index in [1.807, 2.05) is 0 Å². The second-order valence-corrected chi connectivity index (χ2v) is 2.80. The minimum Gasteiger partial charge on any atom is -0.489 e. The topological polar surface area (TPSA) is 103 Å². The summed E-state index contributed by atoms with van der Waals surface area (Å²) in [5, 5.41) is 19.3. The molecule has 9 heteroatoms. The van der Waals surface area contributed by atoms with Gasteiger partial charge in [-0.15, -0.1) is 0 Å². The van der Waals surface area contributed by atoms with Gasteiger partial charge in [0.2, 0.25) is 5.75 Å². The Bertz CT molecular complexity index is 477. The van der Waals surface area contributed by atoms with Gasteiger partial charge in [-0.2, -0.15) is 0 Å². The number of hydrogen-bond acceptors (Lipinski definition) is 5. The van der Waals surface area contributed by atoms with Crippen LogP contribution in [0.5, 0.6) is 5.75 Å². The Morgan fingerprint density at radius 1 is 1.65 bits per heavy atom. The van der Waals surface area contributed by atoms with E-state index in [0.29, 0.717) is 6.20 Å². The fourth-order valence-corrected chi connectivity index (χ4v) is 1.19. The maximum atomic E-state index is 12.5. The van der Waals surface area contributed by atoms with Crippen LogP contribution in [0, 0.1) is 10.1 Å². The van der Waals surface area contributed by atoms with Gasteiger partial charge >= 0.3 is 11.7 Å². The number of carbonyl (C=O) groups is 1. The maximum absolute atomic E-state index is 12.5. The van der Waals surface area contributed by atoms with Crippen LogP contribution in [0.4, 0.5) is 14.5 Å². The standard InChI is InChI=1S/C8H6F2N2O5/c1-17-6-4(7(9)10)11-2-3(8(13)14)5(6)12(15)16/h2,7H,1H3,(H,13,14). The Morgan fingerprint density at radius 2 is 2.24 bits per heavy atom. The van der Waals surface area contributed by atoms with Crippen molar-refractivity contribution >= 4 is 11.7 Å². The van der Waals surface area contributed by atoms with Crippen molar-refractivity contribution in [1.29, 1.82) is 0 Å². The predicted molar refractivity (Wildman–Crippen MR) is 49.4 cm³/mol. The molecular formula is C8H6F2N2O5. The fraction of sp³-hybridized carbons (Fsp3) is 0.250. The van der Waals surface area contributed by atoms with E-state index >= 15 is 0 Å². The van der Waals surface area contributed by atoms with E-state index in [2.05, 4.69) is 9.72 Å². The molecule has 0 aromatic carbocycles. The maximum Gasteiger partial charge on any atom is 0.344 e. The minimum atomic E-state index is -3.11. The van der Waals surface area contributed by atoms with Crippen LogP contribution in [-0.2, 0) is 0 Å². The lowest BCUT2D eigenvalue weighted by Gasteiger charge is -2.08. The first-order valence-corrected chi connectivity index (χ1v) is 4.12. The zero-order valence-corrected chi connectivity index (χ0v) is 8.39. The Balaban J connectivity index is 3.61. The molecule has 0 spiro atoms. The molecule has 92 valence electrons. The number of methoxy groups -OCH3 is 1. The highest BCUT2D eigenvalue weighted by molar-refractivity contribution is 5.93. The summed E-state index contributed by atoms with van der Waals surface area (Å²) in [7, 11) is 0.918. The summed E-state index contributed by atoms with van der Waals surface area (Å²) in [6.45, 7) is 0. The molecule has 1 N–H and O–H groups in total. The second kappa shape index (κ2) is 4.68. The van der Waals surface area contributed by atoms with Crippen molar-refractivity contribution < 1.29 is 28.3 Å². The molecular weight excluding hydrogens is 242 g/mol. The Hall–Kier alpha value is -2.32. The number of nitrogens with zero attached hydrogens (tertiary/aromatic N) is 2. The van der Waals surface area contributed by atoms with Gasteiger partial charge in [0.25, 0.3) is 6.43 Å². The van der Waals surface area contributed by atoms with Gasteiger partial charge in [0.1, 0.15) is 0 Å². The molecule has 1 aromatic rings.